The Morgan fingerprint density at radius 1 is 1.24 bits per heavy atom. The maximum absolute atomic E-state index is 11.6. The van der Waals surface area contributed by atoms with E-state index in [-0.39, 0.29) is 36.1 Å². The molecule has 1 rings (SSSR count). The smallest absolute Gasteiger partial charge is 0.302 e. The Hall–Kier alpha value is -2.71. The Morgan fingerprint density at radius 3 is 2.40 bits per heavy atom. The lowest BCUT2D eigenvalue weighted by Gasteiger charge is -2.21. The molecular formula is C16H24N4O5. The second-order valence-corrected chi connectivity index (χ2v) is 5.54. The van der Waals surface area contributed by atoms with Crippen molar-refractivity contribution in [3.05, 3.63) is 6.20 Å². The average molecular weight is 352 g/mol. The van der Waals surface area contributed by atoms with Crippen LogP contribution in [0.15, 0.2) is 6.20 Å². The lowest BCUT2D eigenvalue weighted by Crippen LogP contribution is -2.35. The molecule has 2 amide bonds. The quantitative estimate of drug-likeness (QED) is 0.677. The summed E-state index contributed by atoms with van der Waals surface area (Å²) in [5, 5.41) is 13.0. The number of aromatic nitrogens is 2. The summed E-state index contributed by atoms with van der Waals surface area (Å²) in [5.74, 6) is -1.62. The summed E-state index contributed by atoms with van der Waals surface area (Å²) in [6, 6.07) is -0.110. The van der Waals surface area contributed by atoms with Gasteiger partial charge in [0.25, 0.3) is 0 Å². The van der Waals surface area contributed by atoms with E-state index in [2.05, 4.69) is 15.3 Å². The van der Waals surface area contributed by atoms with E-state index in [1.165, 1.54) is 20.8 Å². The van der Waals surface area contributed by atoms with E-state index in [0.717, 1.165) is 23.9 Å². The van der Waals surface area contributed by atoms with Gasteiger partial charge in [0.2, 0.25) is 17.8 Å². The molecule has 0 aromatic carbocycles. The van der Waals surface area contributed by atoms with E-state index in [9.17, 15) is 19.5 Å². The first-order valence-corrected chi connectivity index (χ1v) is 8.03. The first-order valence-electron chi connectivity index (χ1n) is 8.03. The molecule has 1 aromatic rings. The summed E-state index contributed by atoms with van der Waals surface area (Å²) in [6.45, 7) is 6.02. The fourth-order valence-electron chi connectivity index (χ4n) is 2.26. The predicted octanol–water partition coefficient (Wildman–Crippen LogP) is 1.62. The zero-order valence-corrected chi connectivity index (χ0v) is 14.9. The van der Waals surface area contributed by atoms with Crippen LogP contribution in [0.25, 0.3) is 0 Å². The van der Waals surface area contributed by atoms with Crippen molar-refractivity contribution < 1.29 is 24.2 Å². The van der Waals surface area contributed by atoms with Gasteiger partial charge in [-0.1, -0.05) is 13.3 Å². The SMILES string of the molecule is CCC[C@@H](CCOC(C)=O)Nc1nc(N(C(C)=O)C(C)=O)ncc1O. The average Bonchev–Trinajstić information content (AvgIpc) is 2.49. The summed E-state index contributed by atoms with van der Waals surface area (Å²) in [7, 11) is 0. The van der Waals surface area contributed by atoms with Crippen molar-refractivity contribution in [3.63, 3.8) is 0 Å². The molecule has 0 saturated heterocycles. The molecule has 1 heterocycles. The summed E-state index contributed by atoms with van der Waals surface area (Å²) in [4.78, 5) is 42.8. The minimum atomic E-state index is -0.524. The van der Waals surface area contributed by atoms with Crippen molar-refractivity contribution >= 4 is 29.5 Å². The summed E-state index contributed by atoms with van der Waals surface area (Å²) in [6.07, 6.45) is 3.26. The van der Waals surface area contributed by atoms with Crippen LogP contribution in [0.2, 0.25) is 0 Å². The Bertz CT molecular complexity index is 621. The maximum atomic E-state index is 11.6. The largest absolute Gasteiger partial charge is 0.503 e. The van der Waals surface area contributed by atoms with Crippen LogP contribution in [0.4, 0.5) is 11.8 Å². The van der Waals surface area contributed by atoms with Gasteiger partial charge in [0.05, 0.1) is 12.8 Å². The van der Waals surface area contributed by atoms with Crippen molar-refractivity contribution in [1.82, 2.24) is 9.97 Å². The van der Waals surface area contributed by atoms with Gasteiger partial charge >= 0.3 is 5.97 Å². The van der Waals surface area contributed by atoms with E-state index < -0.39 is 11.8 Å². The maximum Gasteiger partial charge on any atom is 0.302 e. The molecule has 0 fully saturated rings. The number of anilines is 2. The molecule has 25 heavy (non-hydrogen) atoms. The predicted molar refractivity (Wildman–Crippen MR) is 91.1 cm³/mol. The molecule has 0 spiro atoms. The molecule has 0 bridgehead atoms. The number of esters is 1. The summed E-state index contributed by atoms with van der Waals surface area (Å²) >= 11 is 0. The molecule has 0 unspecified atom stereocenters. The number of aromatic hydroxyl groups is 1. The van der Waals surface area contributed by atoms with Crippen molar-refractivity contribution in [2.45, 2.75) is 53.0 Å². The molecule has 9 heteroatoms. The van der Waals surface area contributed by atoms with Gasteiger partial charge in [0, 0.05) is 33.2 Å². The van der Waals surface area contributed by atoms with E-state index in [4.69, 9.17) is 4.74 Å². The van der Waals surface area contributed by atoms with Gasteiger partial charge in [-0.05, 0) is 6.42 Å². The lowest BCUT2D eigenvalue weighted by molar-refractivity contribution is -0.141. The van der Waals surface area contributed by atoms with Crippen LogP contribution in [0.5, 0.6) is 5.75 Å². The van der Waals surface area contributed by atoms with E-state index >= 15 is 0 Å². The van der Waals surface area contributed by atoms with Gasteiger partial charge in [-0.3, -0.25) is 14.4 Å². The summed E-state index contributed by atoms with van der Waals surface area (Å²) < 4.78 is 4.94. The van der Waals surface area contributed by atoms with Gasteiger partial charge in [-0.2, -0.15) is 4.98 Å². The molecule has 0 radical (unpaired) electrons. The third kappa shape index (κ3) is 6.36. The number of nitrogens with zero attached hydrogens (tertiary/aromatic N) is 3. The molecule has 0 saturated carbocycles. The molecule has 1 atom stereocenters. The Balaban J connectivity index is 2.97. The molecule has 0 aliphatic carbocycles. The van der Waals surface area contributed by atoms with E-state index in [1.54, 1.807) is 0 Å². The topological polar surface area (TPSA) is 122 Å². The van der Waals surface area contributed by atoms with Gasteiger partial charge in [-0.15, -0.1) is 0 Å². The van der Waals surface area contributed by atoms with E-state index in [1.807, 2.05) is 6.92 Å². The fourth-order valence-corrected chi connectivity index (χ4v) is 2.26. The zero-order valence-electron chi connectivity index (χ0n) is 14.9. The fraction of sp³-hybridized carbons (Fsp3) is 0.562. The van der Waals surface area contributed by atoms with Crippen LogP contribution in [0, 0.1) is 0 Å². The number of ether oxygens (including phenoxy) is 1. The Labute approximate surface area is 146 Å². The number of amides is 2. The number of rotatable bonds is 8. The number of carbonyl (C=O) groups is 3. The number of hydrogen-bond donors (Lipinski definition) is 2. The Morgan fingerprint density at radius 2 is 1.88 bits per heavy atom. The van der Waals surface area contributed by atoms with Crippen LogP contribution in [0.3, 0.4) is 0 Å². The highest BCUT2D eigenvalue weighted by Crippen LogP contribution is 2.24. The van der Waals surface area contributed by atoms with Gasteiger partial charge in [0.15, 0.2) is 11.6 Å². The zero-order chi connectivity index (χ0) is 19.0. The first-order chi connectivity index (χ1) is 11.8. The van der Waals surface area contributed by atoms with Crippen LogP contribution in [-0.4, -0.2) is 45.5 Å². The number of hydrogen-bond acceptors (Lipinski definition) is 8. The van der Waals surface area contributed by atoms with Gasteiger partial charge < -0.3 is 15.2 Å². The molecule has 0 aliphatic heterocycles. The van der Waals surface area contributed by atoms with Crippen LogP contribution >= 0.6 is 0 Å². The minimum Gasteiger partial charge on any atom is -0.503 e. The highest BCUT2D eigenvalue weighted by molar-refractivity contribution is 6.11. The standard InChI is InChI=1S/C16H24N4O5/c1-5-6-13(7-8-25-12(4)23)18-15-14(24)9-17-16(19-15)20(10(2)21)11(3)22/h9,13,24H,5-8H2,1-4H3,(H,17,18,19)/t13-/m0/s1. The highest BCUT2D eigenvalue weighted by atomic mass is 16.5. The van der Waals surface area contributed by atoms with Crippen molar-refractivity contribution in [1.29, 1.82) is 0 Å². The second-order valence-electron chi connectivity index (χ2n) is 5.54. The first kappa shape index (κ1) is 20.3. The lowest BCUT2D eigenvalue weighted by atomic mass is 10.1. The van der Waals surface area contributed by atoms with Crippen LogP contribution in [-0.2, 0) is 19.1 Å². The molecular weight excluding hydrogens is 328 g/mol. The van der Waals surface area contributed by atoms with E-state index in [0.29, 0.717) is 6.42 Å². The van der Waals surface area contributed by atoms with Gasteiger partial charge in [0.1, 0.15) is 0 Å². The Kier molecular flexibility index (Phi) is 7.77. The third-order valence-electron chi connectivity index (χ3n) is 3.34. The van der Waals surface area contributed by atoms with Crippen LogP contribution in [0.1, 0.15) is 47.0 Å². The van der Waals surface area contributed by atoms with Crippen molar-refractivity contribution in [2.75, 3.05) is 16.8 Å². The summed E-state index contributed by atoms with van der Waals surface area (Å²) in [5.41, 5.74) is 0. The molecule has 138 valence electrons. The highest BCUT2D eigenvalue weighted by Gasteiger charge is 2.21. The number of carbonyl (C=O) groups excluding carboxylic acids is 3. The molecule has 0 aliphatic rings. The molecule has 9 nitrogen and oxygen atoms in total. The number of nitrogens with one attached hydrogen (secondary N) is 1. The number of imide groups is 1. The second kappa shape index (κ2) is 9.55. The molecule has 2 N–H and O–H groups in total. The monoisotopic (exact) mass is 352 g/mol. The van der Waals surface area contributed by atoms with Crippen molar-refractivity contribution in [3.8, 4) is 5.75 Å². The normalized spacial score (nSPS) is 11.5. The van der Waals surface area contributed by atoms with Crippen molar-refractivity contribution in [2.24, 2.45) is 0 Å². The minimum absolute atomic E-state index is 0.110. The third-order valence-corrected chi connectivity index (χ3v) is 3.34. The van der Waals surface area contributed by atoms with Gasteiger partial charge in [-0.25, -0.2) is 9.88 Å². The molecule has 1 aromatic heterocycles. The van der Waals surface area contributed by atoms with Crippen LogP contribution < -0.4 is 10.2 Å².